The van der Waals surface area contributed by atoms with Crippen molar-refractivity contribution in [1.82, 2.24) is 20.0 Å². The summed E-state index contributed by atoms with van der Waals surface area (Å²) in [5.74, 6) is 0.844. The highest BCUT2D eigenvalue weighted by Gasteiger charge is 2.26. The molecule has 6 heteroatoms. The number of amides is 1. The second kappa shape index (κ2) is 7.09. The van der Waals surface area contributed by atoms with E-state index >= 15 is 0 Å². The number of nitrogens with one attached hydrogen (secondary N) is 1. The number of carbonyl (C=O) groups excluding carboxylic acids is 1. The maximum atomic E-state index is 12.6. The second-order valence-electron chi connectivity index (χ2n) is 5.46. The Morgan fingerprint density at radius 2 is 1.95 bits per heavy atom. The van der Waals surface area contributed by atoms with Gasteiger partial charge in [-0.15, -0.1) is 12.4 Å². The Hall–Kier alpha value is -1.07. The molecule has 0 saturated carbocycles. The van der Waals surface area contributed by atoms with Crippen molar-refractivity contribution in [3.8, 4) is 0 Å². The molecule has 1 N–H and O–H groups in total. The van der Waals surface area contributed by atoms with Crippen LogP contribution in [0.4, 0.5) is 0 Å². The summed E-state index contributed by atoms with van der Waals surface area (Å²) in [7, 11) is 3.87. The SMILES string of the molecule is CNCC1CCN(C(=O)c2c(C)nn(C)c2C)CC1.Cl. The molecule has 20 heavy (non-hydrogen) atoms. The van der Waals surface area contributed by atoms with E-state index in [0.717, 1.165) is 49.4 Å². The zero-order chi connectivity index (χ0) is 14.0. The first-order valence-electron chi connectivity index (χ1n) is 6.98. The van der Waals surface area contributed by atoms with Crippen LogP contribution in [0, 0.1) is 19.8 Å². The number of piperidine rings is 1. The topological polar surface area (TPSA) is 50.2 Å². The van der Waals surface area contributed by atoms with Crippen LogP contribution in [0.15, 0.2) is 0 Å². The molecule has 0 aliphatic carbocycles. The molecule has 5 nitrogen and oxygen atoms in total. The summed E-state index contributed by atoms with van der Waals surface area (Å²) in [4.78, 5) is 14.6. The van der Waals surface area contributed by atoms with Crippen LogP contribution in [0.1, 0.15) is 34.6 Å². The first-order valence-corrected chi connectivity index (χ1v) is 6.98. The van der Waals surface area contributed by atoms with Crippen LogP contribution >= 0.6 is 12.4 Å². The number of likely N-dealkylation sites (tertiary alicyclic amines) is 1. The van der Waals surface area contributed by atoms with E-state index in [1.807, 2.05) is 32.8 Å². The van der Waals surface area contributed by atoms with E-state index in [9.17, 15) is 4.79 Å². The van der Waals surface area contributed by atoms with Crippen molar-refractivity contribution in [3.63, 3.8) is 0 Å². The van der Waals surface area contributed by atoms with Crippen LogP contribution in [-0.4, -0.2) is 47.3 Å². The van der Waals surface area contributed by atoms with Crippen LogP contribution in [0.2, 0.25) is 0 Å². The van der Waals surface area contributed by atoms with E-state index in [1.54, 1.807) is 4.68 Å². The molecule has 0 aromatic carbocycles. The van der Waals surface area contributed by atoms with E-state index in [4.69, 9.17) is 0 Å². The number of hydrogen-bond acceptors (Lipinski definition) is 3. The molecule has 0 radical (unpaired) electrons. The summed E-state index contributed by atoms with van der Waals surface area (Å²) in [6.45, 7) is 6.64. The van der Waals surface area contributed by atoms with Crippen LogP contribution in [-0.2, 0) is 7.05 Å². The van der Waals surface area contributed by atoms with Gasteiger partial charge in [0.15, 0.2) is 0 Å². The largest absolute Gasteiger partial charge is 0.339 e. The lowest BCUT2D eigenvalue weighted by Crippen LogP contribution is -2.40. The minimum atomic E-state index is 0. The lowest BCUT2D eigenvalue weighted by Gasteiger charge is -2.32. The van der Waals surface area contributed by atoms with Crippen molar-refractivity contribution in [3.05, 3.63) is 17.0 Å². The smallest absolute Gasteiger partial charge is 0.257 e. The summed E-state index contributed by atoms with van der Waals surface area (Å²) < 4.78 is 1.79. The fourth-order valence-corrected chi connectivity index (χ4v) is 2.87. The normalized spacial score (nSPS) is 16.1. The molecule has 1 saturated heterocycles. The minimum absolute atomic E-state index is 0. The van der Waals surface area contributed by atoms with Crippen molar-refractivity contribution in [2.24, 2.45) is 13.0 Å². The third-order valence-electron chi connectivity index (χ3n) is 4.12. The Kier molecular flexibility index (Phi) is 6.02. The van der Waals surface area contributed by atoms with Gasteiger partial charge in [-0.05, 0) is 46.2 Å². The highest BCUT2D eigenvalue weighted by atomic mass is 35.5. The molecular formula is C14H25ClN4O. The lowest BCUT2D eigenvalue weighted by atomic mass is 9.96. The van der Waals surface area contributed by atoms with Crippen molar-refractivity contribution in [2.45, 2.75) is 26.7 Å². The number of halogens is 1. The average molecular weight is 301 g/mol. The van der Waals surface area contributed by atoms with E-state index < -0.39 is 0 Å². The average Bonchev–Trinajstić information content (AvgIpc) is 2.64. The number of carbonyl (C=O) groups is 1. The monoisotopic (exact) mass is 300 g/mol. The fourth-order valence-electron chi connectivity index (χ4n) is 2.87. The maximum Gasteiger partial charge on any atom is 0.257 e. The van der Waals surface area contributed by atoms with Gasteiger partial charge in [-0.3, -0.25) is 9.48 Å². The van der Waals surface area contributed by atoms with Gasteiger partial charge in [-0.25, -0.2) is 0 Å². The molecule has 1 aromatic heterocycles. The summed E-state index contributed by atoms with van der Waals surface area (Å²) in [6.07, 6.45) is 2.18. The summed E-state index contributed by atoms with van der Waals surface area (Å²) in [6, 6.07) is 0. The van der Waals surface area contributed by atoms with E-state index in [1.165, 1.54) is 0 Å². The highest BCUT2D eigenvalue weighted by molar-refractivity contribution is 5.96. The number of aryl methyl sites for hydroxylation is 2. The third-order valence-corrected chi connectivity index (χ3v) is 4.12. The van der Waals surface area contributed by atoms with Gasteiger partial charge in [0.25, 0.3) is 5.91 Å². The van der Waals surface area contributed by atoms with E-state index in [0.29, 0.717) is 5.92 Å². The van der Waals surface area contributed by atoms with Gasteiger partial charge in [0.1, 0.15) is 0 Å². The molecule has 2 rings (SSSR count). The molecule has 114 valence electrons. The Bertz CT molecular complexity index is 464. The van der Waals surface area contributed by atoms with Crippen molar-refractivity contribution < 1.29 is 4.79 Å². The molecule has 0 unspecified atom stereocenters. The molecule has 1 amide bonds. The predicted octanol–water partition coefficient (Wildman–Crippen LogP) is 1.53. The molecule has 1 aromatic rings. The van der Waals surface area contributed by atoms with Gasteiger partial charge in [0, 0.05) is 25.8 Å². The molecule has 0 bridgehead atoms. The zero-order valence-corrected chi connectivity index (χ0v) is 13.6. The third kappa shape index (κ3) is 3.33. The quantitative estimate of drug-likeness (QED) is 0.921. The fraction of sp³-hybridized carbons (Fsp3) is 0.714. The van der Waals surface area contributed by atoms with E-state index in [2.05, 4.69) is 10.4 Å². The maximum absolute atomic E-state index is 12.6. The van der Waals surface area contributed by atoms with Crippen molar-refractivity contribution in [2.75, 3.05) is 26.7 Å². The van der Waals surface area contributed by atoms with Gasteiger partial charge in [-0.2, -0.15) is 5.10 Å². The lowest BCUT2D eigenvalue weighted by molar-refractivity contribution is 0.0689. The van der Waals surface area contributed by atoms with Gasteiger partial charge in [0.05, 0.1) is 11.3 Å². The van der Waals surface area contributed by atoms with Crippen LogP contribution in [0.25, 0.3) is 0 Å². The summed E-state index contributed by atoms with van der Waals surface area (Å²) in [5.41, 5.74) is 2.58. The molecule has 1 fully saturated rings. The second-order valence-corrected chi connectivity index (χ2v) is 5.46. The molecule has 2 heterocycles. The van der Waals surface area contributed by atoms with Crippen molar-refractivity contribution >= 4 is 18.3 Å². The van der Waals surface area contributed by atoms with E-state index in [-0.39, 0.29) is 18.3 Å². The number of nitrogens with zero attached hydrogens (tertiary/aromatic N) is 3. The Morgan fingerprint density at radius 1 is 1.35 bits per heavy atom. The zero-order valence-electron chi connectivity index (χ0n) is 12.8. The number of aromatic nitrogens is 2. The van der Waals surface area contributed by atoms with Gasteiger partial charge in [0.2, 0.25) is 0 Å². The van der Waals surface area contributed by atoms with Gasteiger partial charge in [-0.1, -0.05) is 0 Å². The molecule has 1 aliphatic heterocycles. The van der Waals surface area contributed by atoms with Gasteiger partial charge >= 0.3 is 0 Å². The minimum Gasteiger partial charge on any atom is -0.339 e. The highest BCUT2D eigenvalue weighted by Crippen LogP contribution is 2.21. The van der Waals surface area contributed by atoms with Crippen LogP contribution < -0.4 is 5.32 Å². The molecule has 1 aliphatic rings. The summed E-state index contributed by atoms with van der Waals surface area (Å²) >= 11 is 0. The molecule has 0 atom stereocenters. The Balaban J connectivity index is 0.00000200. The standard InChI is InChI=1S/C14H24N4O.ClH/c1-10-13(11(2)17(4)16-10)14(19)18-7-5-12(6-8-18)9-15-3;/h12,15H,5-9H2,1-4H3;1H. The molecular weight excluding hydrogens is 276 g/mol. The van der Waals surface area contributed by atoms with Crippen LogP contribution in [0.5, 0.6) is 0 Å². The number of rotatable bonds is 3. The Morgan fingerprint density at radius 3 is 2.40 bits per heavy atom. The van der Waals surface area contributed by atoms with Crippen molar-refractivity contribution in [1.29, 1.82) is 0 Å². The number of hydrogen-bond donors (Lipinski definition) is 1. The Labute approximate surface area is 127 Å². The van der Waals surface area contributed by atoms with Crippen LogP contribution in [0.3, 0.4) is 0 Å². The summed E-state index contributed by atoms with van der Waals surface area (Å²) in [5, 5.41) is 7.55. The first-order chi connectivity index (χ1) is 9.04. The van der Waals surface area contributed by atoms with Gasteiger partial charge < -0.3 is 10.2 Å². The molecule has 0 spiro atoms. The first kappa shape index (κ1) is 17.0. The predicted molar refractivity (Wildman–Crippen MR) is 82.5 cm³/mol.